The number of hydrogen-bond acceptors (Lipinski definition) is 4. The van der Waals surface area contributed by atoms with E-state index >= 15 is 0 Å². The number of benzene rings is 2. The van der Waals surface area contributed by atoms with Crippen LogP contribution < -0.4 is 14.8 Å². The van der Waals surface area contributed by atoms with Crippen molar-refractivity contribution in [1.29, 1.82) is 0 Å². The molecule has 0 fully saturated rings. The van der Waals surface area contributed by atoms with Gasteiger partial charge in [-0.3, -0.25) is 4.79 Å². The molecule has 6 nitrogen and oxygen atoms in total. The van der Waals surface area contributed by atoms with Crippen LogP contribution in [0.3, 0.4) is 0 Å². The van der Waals surface area contributed by atoms with Gasteiger partial charge in [0.2, 0.25) is 5.88 Å². The molecule has 188 valence electrons. The maximum atomic E-state index is 13.2. The molecule has 0 saturated carbocycles. The Morgan fingerprint density at radius 2 is 1.71 bits per heavy atom. The van der Waals surface area contributed by atoms with Gasteiger partial charge in [-0.05, 0) is 43.3 Å². The van der Waals surface area contributed by atoms with Crippen LogP contribution in [-0.2, 0) is 17.1 Å². The molecular formula is C22H18ClF6N3O3. The summed E-state index contributed by atoms with van der Waals surface area (Å²) in [7, 11) is 0. The number of nitrogens with one attached hydrogen (secondary N) is 1. The number of carbonyl (C=O) groups excluding carboxylic acids is 1. The highest BCUT2D eigenvalue weighted by molar-refractivity contribution is 6.32. The van der Waals surface area contributed by atoms with Crippen LogP contribution in [0.1, 0.15) is 18.2 Å². The Morgan fingerprint density at radius 1 is 1.06 bits per heavy atom. The third-order valence-electron chi connectivity index (χ3n) is 4.50. The summed E-state index contributed by atoms with van der Waals surface area (Å²) in [6.07, 6.45) is -9.85. The van der Waals surface area contributed by atoms with Crippen LogP contribution in [0.4, 0.5) is 26.3 Å². The van der Waals surface area contributed by atoms with Crippen molar-refractivity contribution < 1.29 is 40.6 Å². The number of carbonyl (C=O) groups is 1. The fourth-order valence-corrected chi connectivity index (χ4v) is 3.06. The van der Waals surface area contributed by atoms with Gasteiger partial charge in [0.05, 0.1) is 22.8 Å². The fraction of sp³-hybridized carbons (Fsp3) is 0.273. The number of aromatic nitrogens is 2. The van der Waals surface area contributed by atoms with E-state index in [2.05, 4.69) is 10.4 Å². The van der Waals surface area contributed by atoms with E-state index in [0.717, 1.165) is 28.9 Å². The zero-order valence-electron chi connectivity index (χ0n) is 18.0. The van der Waals surface area contributed by atoms with E-state index < -0.39 is 42.2 Å². The summed E-state index contributed by atoms with van der Waals surface area (Å²) in [6.45, 7) is 0.891. The lowest BCUT2D eigenvalue weighted by molar-refractivity contribution is -0.141. The molecule has 0 aliphatic heterocycles. The van der Waals surface area contributed by atoms with Gasteiger partial charge in [0.1, 0.15) is 11.9 Å². The average Bonchev–Trinajstić information content (AvgIpc) is 3.21. The predicted octanol–water partition coefficient (Wildman–Crippen LogP) is 5.53. The van der Waals surface area contributed by atoms with E-state index in [1.165, 1.54) is 12.1 Å². The summed E-state index contributed by atoms with van der Waals surface area (Å²) >= 11 is 6.05. The molecule has 1 heterocycles. The highest BCUT2D eigenvalue weighted by Crippen LogP contribution is 2.33. The predicted molar refractivity (Wildman–Crippen MR) is 114 cm³/mol. The molecule has 1 aromatic heterocycles. The Morgan fingerprint density at radius 3 is 2.31 bits per heavy atom. The summed E-state index contributed by atoms with van der Waals surface area (Å²) in [5.41, 5.74) is -1.93. The molecule has 0 spiro atoms. The summed E-state index contributed by atoms with van der Waals surface area (Å²) in [5.74, 6) is -0.859. The van der Waals surface area contributed by atoms with Gasteiger partial charge in [-0.2, -0.15) is 36.1 Å². The molecule has 0 saturated heterocycles. The monoisotopic (exact) mass is 521 g/mol. The first-order valence-electron chi connectivity index (χ1n) is 10.00. The number of halogens is 7. The van der Waals surface area contributed by atoms with Crippen LogP contribution in [0.25, 0.3) is 5.69 Å². The second kappa shape index (κ2) is 10.5. The third-order valence-corrected chi connectivity index (χ3v) is 4.82. The van der Waals surface area contributed by atoms with Crippen LogP contribution >= 0.6 is 11.6 Å². The average molecular weight is 522 g/mol. The number of ether oxygens (including phenoxy) is 2. The fourth-order valence-electron chi connectivity index (χ4n) is 2.85. The van der Waals surface area contributed by atoms with Gasteiger partial charge < -0.3 is 14.8 Å². The van der Waals surface area contributed by atoms with Crippen LogP contribution in [0.2, 0.25) is 5.02 Å². The molecule has 2 aromatic carbocycles. The lowest BCUT2D eigenvalue weighted by Gasteiger charge is -2.16. The van der Waals surface area contributed by atoms with Gasteiger partial charge in [0.25, 0.3) is 5.91 Å². The van der Waals surface area contributed by atoms with Gasteiger partial charge >= 0.3 is 12.4 Å². The number of para-hydroxylation sites is 1. The Bertz CT molecular complexity index is 1160. The minimum absolute atomic E-state index is 0.0409. The molecule has 1 amide bonds. The van der Waals surface area contributed by atoms with Crippen LogP contribution in [-0.4, -0.2) is 34.9 Å². The van der Waals surface area contributed by atoms with Crippen LogP contribution in [0.5, 0.6) is 11.6 Å². The van der Waals surface area contributed by atoms with Crippen LogP contribution in [0, 0.1) is 0 Å². The van der Waals surface area contributed by atoms with Crippen molar-refractivity contribution in [2.24, 2.45) is 0 Å². The SMILES string of the molecule is CC(CNC(=O)COc1cc(C(F)(F)F)nn1-c1ccccc1Cl)Oc1ccc(C(F)(F)F)cc1. The molecule has 0 aliphatic carbocycles. The van der Waals surface area contributed by atoms with Gasteiger partial charge in [-0.1, -0.05) is 23.7 Å². The number of hydrogen-bond donors (Lipinski definition) is 1. The van der Waals surface area contributed by atoms with E-state index in [-0.39, 0.29) is 28.9 Å². The smallest absolute Gasteiger partial charge is 0.435 e. The highest BCUT2D eigenvalue weighted by Gasteiger charge is 2.36. The molecule has 0 radical (unpaired) electrons. The quantitative estimate of drug-likeness (QED) is 0.396. The molecular weight excluding hydrogens is 504 g/mol. The molecule has 1 atom stereocenters. The van der Waals surface area contributed by atoms with E-state index in [1.54, 1.807) is 19.1 Å². The first-order chi connectivity index (χ1) is 16.3. The largest absolute Gasteiger partial charge is 0.489 e. The van der Waals surface area contributed by atoms with E-state index in [1.807, 2.05) is 0 Å². The van der Waals surface area contributed by atoms with E-state index in [4.69, 9.17) is 21.1 Å². The summed E-state index contributed by atoms with van der Waals surface area (Å²) in [6, 6.07) is 10.7. The second-order valence-electron chi connectivity index (χ2n) is 7.27. The first kappa shape index (κ1) is 26.2. The van der Waals surface area contributed by atoms with Gasteiger partial charge in [0, 0.05) is 6.07 Å². The third kappa shape index (κ3) is 7.04. The number of rotatable bonds is 8. The minimum Gasteiger partial charge on any atom is -0.489 e. The van der Waals surface area contributed by atoms with Crippen molar-refractivity contribution in [2.45, 2.75) is 25.4 Å². The van der Waals surface area contributed by atoms with Crippen molar-refractivity contribution in [1.82, 2.24) is 15.1 Å². The molecule has 35 heavy (non-hydrogen) atoms. The highest BCUT2D eigenvalue weighted by atomic mass is 35.5. The molecule has 3 rings (SSSR count). The Balaban J connectivity index is 1.58. The normalized spacial score (nSPS) is 12.8. The summed E-state index contributed by atoms with van der Waals surface area (Å²) in [4.78, 5) is 12.2. The van der Waals surface area contributed by atoms with Crippen molar-refractivity contribution >= 4 is 17.5 Å². The molecule has 0 bridgehead atoms. The number of amides is 1. The molecule has 0 aliphatic rings. The molecule has 1 unspecified atom stereocenters. The lowest BCUT2D eigenvalue weighted by Crippen LogP contribution is -2.36. The van der Waals surface area contributed by atoms with Gasteiger partial charge in [0.15, 0.2) is 12.3 Å². The first-order valence-corrected chi connectivity index (χ1v) is 10.4. The minimum atomic E-state index is -4.75. The Hall–Kier alpha value is -3.41. The van der Waals surface area contributed by atoms with E-state index in [0.29, 0.717) is 6.07 Å². The standard InChI is InChI=1S/C22H18ClF6N3O3/c1-13(35-15-8-6-14(7-9-15)21(24,25)26)11-30-19(33)12-34-20-10-18(22(27,28)29)31-32(20)17-5-3-2-4-16(17)23/h2-10,13H,11-12H2,1H3,(H,30,33). The molecule has 13 heteroatoms. The second-order valence-corrected chi connectivity index (χ2v) is 7.68. The summed E-state index contributed by atoms with van der Waals surface area (Å²) in [5, 5.41) is 6.08. The maximum absolute atomic E-state index is 13.2. The zero-order chi connectivity index (χ0) is 25.8. The van der Waals surface area contributed by atoms with Gasteiger partial charge in [-0.25, -0.2) is 0 Å². The number of nitrogens with zero attached hydrogens (tertiary/aromatic N) is 2. The Kier molecular flexibility index (Phi) is 7.83. The van der Waals surface area contributed by atoms with Crippen molar-refractivity contribution in [2.75, 3.05) is 13.2 Å². The van der Waals surface area contributed by atoms with Crippen molar-refractivity contribution in [3.63, 3.8) is 0 Å². The lowest BCUT2D eigenvalue weighted by atomic mass is 10.2. The Labute approximate surface area is 200 Å². The van der Waals surface area contributed by atoms with E-state index in [9.17, 15) is 31.1 Å². The summed E-state index contributed by atoms with van der Waals surface area (Å²) < 4.78 is 88.9. The maximum Gasteiger partial charge on any atom is 0.435 e. The topological polar surface area (TPSA) is 65.4 Å². The zero-order valence-corrected chi connectivity index (χ0v) is 18.7. The van der Waals surface area contributed by atoms with Gasteiger partial charge in [-0.15, -0.1) is 0 Å². The number of alkyl halides is 6. The molecule has 1 N–H and O–H groups in total. The molecule has 3 aromatic rings. The van der Waals surface area contributed by atoms with Crippen molar-refractivity contribution in [3.8, 4) is 17.3 Å². The van der Waals surface area contributed by atoms with Crippen LogP contribution in [0.15, 0.2) is 54.6 Å². The van der Waals surface area contributed by atoms with Crippen molar-refractivity contribution in [3.05, 3.63) is 70.9 Å².